The van der Waals surface area contributed by atoms with Crippen LogP contribution in [0, 0.1) is 5.92 Å². The predicted octanol–water partition coefficient (Wildman–Crippen LogP) is 3.43. The van der Waals surface area contributed by atoms with Crippen molar-refractivity contribution < 1.29 is 0 Å². The van der Waals surface area contributed by atoms with E-state index in [9.17, 15) is 0 Å². The molecule has 0 N–H and O–H groups in total. The molecule has 0 aliphatic heterocycles. The molecule has 3 nitrogen and oxygen atoms in total. The summed E-state index contributed by atoms with van der Waals surface area (Å²) < 4.78 is 2.02. The molecule has 1 aromatic rings. The largest absolute Gasteiger partial charge is 0.250 e. The van der Waals surface area contributed by atoms with Crippen molar-refractivity contribution in [2.75, 3.05) is 0 Å². The maximum absolute atomic E-state index is 4.32. The summed E-state index contributed by atoms with van der Waals surface area (Å²) in [6.07, 6.45) is 6.15. The van der Waals surface area contributed by atoms with Crippen LogP contribution in [0.15, 0.2) is 6.33 Å². The number of hydrogen-bond acceptors (Lipinski definition) is 2. The highest BCUT2D eigenvalue weighted by Crippen LogP contribution is 2.17. The van der Waals surface area contributed by atoms with Crippen LogP contribution in [0.3, 0.4) is 0 Å². The summed E-state index contributed by atoms with van der Waals surface area (Å²) in [7, 11) is 0. The van der Waals surface area contributed by atoms with E-state index in [0.717, 1.165) is 37.5 Å². The monoisotopic (exact) mass is 287 g/mol. The van der Waals surface area contributed by atoms with Crippen LogP contribution in [0.25, 0.3) is 0 Å². The Kier molecular flexibility index (Phi) is 6.03. The van der Waals surface area contributed by atoms with Gasteiger partial charge in [-0.05, 0) is 25.2 Å². The first-order valence-electron chi connectivity index (χ1n) is 6.14. The van der Waals surface area contributed by atoms with Gasteiger partial charge in [0.05, 0.1) is 0 Å². The summed E-state index contributed by atoms with van der Waals surface area (Å²) in [6, 6.07) is 0. The zero-order chi connectivity index (χ0) is 12.0. The third kappa shape index (κ3) is 4.64. The number of rotatable bonds is 7. The molecule has 92 valence electrons. The second-order valence-electron chi connectivity index (χ2n) is 4.66. The van der Waals surface area contributed by atoms with Crippen molar-refractivity contribution in [2.45, 2.75) is 57.8 Å². The van der Waals surface area contributed by atoms with E-state index in [2.05, 4.69) is 46.8 Å². The molecule has 1 aromatic heterocycles. The molecule has 0 fully saturated rings. The molecular weight excluding hydrogens is 266 g/mol. The standard InChI is InChI=1S/C12H22BrN3/c1-4-7-16-12(14-9-15-16)6-5-11(13)8-10(2)3/h9-11H,4-8H2,1-3H3. The molecule has 0 saturated heterocycles. The Labute approximate surface area is 107 Å². The van der Waals surface area contributed by atoms with Crippen molar-refractivity contribution in [2.24, 2.45) is 5.92 Å². The molecule has 1 unspecified atom stereocenters. The van der Waals surface area contributed by atoms with Gasteiger partial charge < -0.3 is 0 Å². The summed E-state index contributed by atoms with van der Waals surface area (Å²) in [6.45, 7) is 7.66. The first-order chi connectivity index (χ1) is 7.63. The predicted molar refractivity (Wildman–Crippen MR) is 70.8 cm³/mol. The molecular formula is C12H22BrN3. The van der Waals surface area contributed by atoms with Gasteiger partial charge in [-0.2, -0.15) is 5.10 Å². The lowest BCUT2D eigenvalue weighted by molar-refractivity contribution is 0.528. The molecule has 1 rings (SSSR count). The van der Waals surface area contributed by atoms with Crippen LogP contribution in [0.4, 0.5) is 0 Å². The SMILES string of the molecule is CCCn1ncnc1CCC(Br)CC(C)C. The summed E-state index contributed by atoms with van der Waals surface area (Å²) >= 11 is 3.73. The number of aryl methyl sites for hydroxylation is 2. The summed E-state index contributed by atoms with van der Waals surface area (Å²) in [5, 5.41) is 4.24. The van der Waals surface area contributed by atoms with Gasteiger partial charge in [0.25, 0.3) is 0 Å². The number of hydrogen-bond donors (Lipinski definition) is 0. The van der Waals surface area contributed by atoms with Gasteiger partial charge in [0.1, 0.15) is 12.2 Å². The van der Waals surface area contributed by atoms with Crippen molar-refractivity contribution in [1.29, 1.82) is 0 Å². The number of halogens is 1. The molecule has 0 aliphatic carbocycles. The van der Waals surface area contributed by atoms with Crippen molar-refractivity contribution >= 4 is 15.9 Å². The van der Waals surface area contributed by atoms with E-state index >= 15 is 0 Å². The summed E-state index contributed by atoms with van der Waals surface area (Å²) in [5.74, 6) is 1.87. The second kappa shape index (κ2) is 7.05. The number of aromatic nitrogens is 3. The van der Waals surface area contributed by atoms with Gasteiger partial charge in [-0.25, -0.2) is 4.98 Å². The Balaban J connectivity index is 2.38. The van der Waals surface area contributed by atoms with Crippen molar-refractivity contribution in [3.05, 3.63) is 12.2 Å². The molecule has 0 amide bonds. The topological polar surface area (TPSA) is 30.7 Å². The highest BCUT2D eigenvalue weighted by Gasteiger charge is 2.10. The van der Waals surface area contributed by atoms with Gasteiger partial charge in [0.2, 0.25) is 0 Å². The van der Waals surface area contributed by atoms with E-state index in [4.69, 9.17) is 0 Å². The smallest absolute Gasteiger partial charge is 0.138 e. The van der Waals surface area contributed by atoms with Crippen molar-refractivity contribution in [1.82, 2.24) is 14.8 Å². The normalized spacial score (nSPS) is 13.3. The average molecular weight is 288 g/mol. The fraction of sp³-hybridized carbons (Fsp3) is 0.833. The van der Waals surface area contributed by atoms with E-state index in [1.54, 1.807) is 6.33 Å². The van der Waals surface area contributed by atoms with Crippen molar-refractivity contribution in [3.8, 4) is 0 Å². The highest BCUT2D eigenvalue weighted by molar-refractivity contribution is 9.09. The maximum atomic E-state index is 4.32. The van der Waals surface area contributed by atoms with Gasteiger partial charge in [-0.15, -0.1) is 0 Å². The Morgan fingerprint density at radius 1 is 1.44 bits per heavy atom. The molecule has 1 heterocycles. The van der Waals surface area contributed by atoms with Crippen LogP contribution in [-0.4, -0.2) is 19.6 Å². The number of alkyl halides is 1. The van der Waals surface area contributed by atoms with Crippen LogP contribution in [-0.2, 0) is 13.0 Å². The van der Waals surface area contributed by atoms with Crippen LogP contribution in [0.5, 0.6) is 0 Å². The first-order valence-corrected chi connectivity index (χ1v) is 7.05. The van der Waals surface area contributed by atoms with E-state index in [1.165, 1.54) is 6.42 Å². The molecule has 1 atom stereocenters. The summed E-state index contributed by atoms with van der Waals surface area (Å²) in [4.78, 5) is 4.91. The lowest BCUT2D eigenvalue weighted by Gasteiger charge is -2.12. The molecule has 0 spiro atoms. The lowest BCUT2D eigenvalue weighted by atomic mass is 10.1. The van der Waals surface area contributed by atoms with Gasteiger partial charge in [0.15, 0.2) is 0 Å². The Morgan fingerprint density at radius 3 is 2.81 bits per heavy atom. The lowest BCUT2D eigenvalue weighted by Crippen LogP contribution is -2.09. The minimum atomic E-state index is 0.597. The van der Waals surface area contributed by atoms with E-state index < -0.39 is 0 Å². The molecule has 0 aliphatic rings. The molecule has 4 heteroatoms. The third-order valence-electron chi connectivity index (χ3n) is 2.54. The highest BCUT2D eigenvalue weighted by atomic mass is 79.9. The molecule has 0 saturated carbocycles. The molecule has 0 aromatic carbocycles. The Hall–Kier alpha value is -0.380. The summed E-state index contributed by atoms with van der Waals surface area (Å²) in [5.41, 5.74) is 0. The second-order valence-corrected chi connectivity index (χ2v) is 5.96. The van der Waals surface area contributed by atoms with Gasteiger partial charge in [-0.3, -0.25) is 4.68 Å². The zero-order valence-electron chi connectivity index (χ0n) is 10.5. The minimum absolute atomic E-state index is 0.597. The molecule has 16 heavy (non-hydrogen) atoms. The van der Waals surface area contributed by atoms with Crippen molar-refractivity contribution in [3.63, 3.8) is 0 Å². The zero-order valence-corrected chi connectivity index (χ0v) is 12.1. The third-order valence-corrected chi connectivity index (χ3v) is 3.37. The maximum Gasteiger partial charge on any atom is 0.138 e. The van der Waals surface area contributed by atoms with Gasteiger partial charge in [0, 0.05) is 17.8 Å². The Bertz CT molecular complexity index is 296. The van der Waals surface area contributed by atoms with Gasteiger partial charge in [-0.1, -0.05) is 36.7 Å². The van der Waals surface area contributed by atoms with Crippen LogP contribution >= 0.6 is 15.9 Å². The first kappa shape index (κ1) is 13.7. The quantitative estimate of drug-likeness (QED) is 0.720. The minimum Gasteiger partial charge on any atom is -0.250 e. The fourth-order valence-electron chi connectivity index (χ4n) is 1.80. The van der Waals surface area contributed by atoms with E-state index in [0.29, 0.717) is 4.83 Å². The number of nitrogens with zero attached hydrogens (tertiary/aromatic N) is 3. The van der Waals surface area contributed by atoms with Crippen LogP contribution < -0.4 is 0 Å². The van der Waals surface area contributed by atoms with Crippen LogP contribution in [0.1, 0.15) is 45.9 Å². The van der Waals surface area contributed by atoms with E-state index in [1.807, 2.05) is 4.68 Å². The molecule has 0 bridgehead atoms. The fourth-order valence-corrected chi connectivity index (χ4v) is 2.77. The molecule has 0 radical (unpaired) electrons. The Morgan fingerprint density at radius 2 is 2.19 bits per heavy atom. The van der Waals surface area contributed by atoms with Gasteiger partial charge >= 0.3 is 0 Å². The van der Waals surface area contributed by atoms with Crippen LogP contribution in [0.2, 0.25) is 0 Å². The van der Waals surface area contributed by atoms with E-state index in [-0.39, 0.29) is 0 Å². The average Bonchev–Trinajstić information content (AvgIpc) is 2.62.